The van der Waals surface area contributed by atoms with Crippen molar-refractivity contribution < 1.29 is 9.13 Å². The molecule has 0 aliphatic carbocycles. The fourth-order valence-corrected chi connectivity index (χ4v) is 1.65. The van der Waals surface area contributed by atoms with Crippen LogP contribution in [0.15, 0.2) is 30.3 Å². The van der Waals surface area contributed by atoms with Gasteiger partial charge in [0.1, 0.15) is 17.4 Å². The molecule has 0 radical (unpaired) electrons. The van der Waals surface area contributed by atoms with Gasteiger partial charge in [0.15, 0.2) is 0 Å². The minimum Gasteiger partial charge on any atom is -0.496 e. The number of hydrogen-bond donors (Lipinski definition) is 2. The van der Waals surface area contributed by atoms with Crippen molar-refractivity contribution in [3.8, 4) is 17.0 Å². The van der Waals surface area contributed by atoms with Crippen molar-refractivity contribution in [2.45, 2.75) is 0 Å². The van der Waals surface area contributed by atoms with Crippen molar-refractivity contribution in [2.75, 3.05) is 25.5 Å². The second-order valence-corrected chi connectivity index (χ2v) is 3.86. The third-order valence-electron chi connectivity index (χ3n) is 2.55. The molecule has 6 heteroatoms. The van der Waals surface area contributed by atoms with Gasteiger partial charge in [0.05, 0.1) is 12.8 Å². The Morgan fingerprint density at radius 1 is 1.26 bits per heavy atom. The molecule has 19 heavy (non-hydrogen) atoms. The van der Waals surface area contributed by atoms with Gasteiger partial charge < -0.3 is 15.8 Å². The molecule has 0 spiro atoms. The first-order valence-corrected chi connectivity index (χ1v) is 5.86. The minimum absolute atomic E-state index is 0.345. The molecule has 2 aromatic rings. The zero-order valence-electron chi connectivity index (χ0n) is 10.6. The van der Waals surface area contributed by atoms with Gasteiger partial charge in [-0.3, -0.25) is 0 Å². The quantitative estimate of drug-likeness (QED) is 0.857. The van der Waals surface area contributed by atoms with Gasteiger partial charge in [0.2, 0.25) is 0 Å². The number of rotatable bonds is 5. The minimum atomic E-state index is -0.345. The number of anilines is 1. The standard InChI is InChI=1S/C13H15FN4O/c1-19-12-4-2-9(14)8-10(12)11-3-5-13(18-17-11)16-7-6-15/h2-5,8H,6-7,15H2,1H3,(H,16,18). The van der Waals surface area contributed by atoms with E-state index in [1.165, 1.54) is 19.2 Å². The summed E-state index contributed by atoms with van der Waals surface area (Å²) >= 11 is 0. The van der Waals surface area contributed by atoms with E-state index in [-0.39, 0.29) is 5.82 Å². The van der Waals surface area contributed by atoms with Crippen LogP contribution in [0.4, 0.5) is 10.2 Å². The molecule has 0 aliphatic rings. The fourth-order valence-electron chi connectivity index (χ4n) is 1.65. The third-order valence-corrected chi connectivity index (χ3v) is 2.55. The lowest BCUT2D eigenvalue weighted by atomic mass is 10.1. The van der Waals surface area contributed by atoms with E-state index < -0.39 is 0 Å². The Hall–Kier alpha value is -2.21. The predicted octanol–water partition coefficient (Wildman–Crippen LogP) is 1.66. The summed E-state index contributed by atoms with van der Waals surface area (Å²) in [4.78, 5) is 0. The largest absolute Gasteiger partial charge is 0.496 e. The molecule has 0 aliphatic heterocycles. The molecule has 0 amide bonds. The van der Waals surface area contributed by atoms with Crippen molar-refractivity contribution in [3.63, 3.8) is 0 Å². The van der Waals surface area contributed by atoms with Crippen LogP contribution in [0.3, 0.4) is 0 Å². The molecule has 0 bridgehead atoms. The number of nitrogens with two attached hydrogens (primary N) is 1. The van der Waals surface area contributed by atoms with E-state index in [4.69, 9.17) is 10.5 Å². The maximum absolute atomic E-state index is 13.3. The highest BCUT2D eigenvalue weighted by Crippen LogP contribution is 2.29. The zero-order chi connectivity index (χ0) is 13.7. The summed E-state index contributed by atoms with van der Waals surface area (Å²) in [6.07, 6.45) is 0. The van der Waals surface area contributed by atoms with Crippen molar-refractivity contribution in [3.05, 3.63) is 36.1 Å². The van der Waals surface area contributed by atoms with E-state index >= 15 is 0 Å². The highest BCUT2D eigenvalue weighted by atomic mass is 19.1. The first-order valence-electron chi connectivity index (χ1n) is 5.86. The predicted molar refractivity (Wildman–Crippen MR) is 71.5 cm³/mol. The lowest BCUT2D eigenvalue weighted by Gasteiger charge is -2.08. The molecule has 2 rings (SSSR count). The summed E-state index contributed by atoms with van der Waals surface area (Å²) in [5, 5.41) is 11.1. The monoisotopic (exact) mass is 262 g/mol. The van der Waals surface area contributed by atoms with Crippen LogP contribution in [0.2, 0.25) is 0 Å². The molecule has 1 heterocycles. The number of halogens is 1. The molecule has 3 N–H and O–H groups in total. The Balaban J connectivity index is 2.29. The van der Waals surface area contributed by atoms with Gasteiger partial charge in [0.25, 0.3) is 0 Å². The van der Waals surface area contributed by atoms with Gasteiger partial charge in [-0.2, -0.15) is 0 Å². The lowest BCUT2D eigenvalue weighted by Crippen LogP contribution is -2.14. The first kappa shape index (κ1) is 13.2. The average Bonchev–Trinajstić information content (AvgIpc) is 2.45. The van der Waals surface area contributed by atoms with Gasteiger partial charge in [-0.05, 0) is 30.3 Å². The second-order valence-electron chi connectivity index (χ2n) is 3.86. The molecule has 0 saturated carbocycles. The molecule has 0 fully saturated rings. The molecule has 5 nitrogen and oxygen atoms in total. The number of ether oxygens (including phenoxy) is 1. The maximum Gasteiger partial charge on any atom is 0.148 e. The molecular formula is C13H15FN4O. The molecule has 0 unspecified atom stereocenters. The maximum atomic E-state index is 13.3. The lowest BCUT2D eigenvalue weighted by molar-refractivity contribution is 0.415. The summed E-state index contributed by atoms with van der Waals surface area (Å²) in [5.41, 5.74) is 6.50. The van der Waals surface area contributed by atoms with Crippen LogP contribution in [0.1, 0.15) is 0 Å². The van der Waals surface area contributed by atoms with Crippen LogP contribution in [-0.2, 0) is 0 Å². The number of benzene rings is 1. The van der Waals surface area contributed by atoms with Crippen LogP contribution in [0, 0.1) is 5.82 Å². The Labute approximate surface area is 110 Å². The van der Waals surface area contributed by atoms with Crippen LogP contribution in [0.5, 0.6) is 5.75 Å². The first-order chi connectivity index (χ1) is 9.24. The summed E-state index contributed by atoms with van der Waals surface area (Å²) in [5.74, 6) is 0.839. The smallest absolute Gasteiger partial charge is 0.148 e. The van der Waals surface area contributed by atoms with Gasteiger partial charge in [-0.25, -0.2) is 4.39 Å². The van der Waals surface area contributed by atoms with Gasteiger partial charge in [-0.15, -0.1) is 10.2 Å². The zero-order valence-corrected chi connectivity index (χ0v) is 10.6. The Morgan fingerprint density at radius 3 is 2.74 bits per heavy atom. The van der Waals surface area contributed by atoms with Crippen molar-refractivity contribution in [1.82, 2.24) is 10.2 Å². The Morgan fingerprint density at radius 2 is 2.11 bits per heavy atom. The van der Waals surface area contributed by atoms with Crippen molar-refractivity contribution in [1.29, 1.82) is 0 Å². The Bertz CT molecular complexity index is 545. The summed E-state index contributed by atoms with van der Waals surface area (Å²) in [6.45, 7) is 1.14. The van der Waals surface area contributed by atoms with Crippen LogP contribution >= 0.6 is 0 Å². The number of aromatic nitrogens is 2. The van der Waals surface area contributed by atoms with Gasteiger partial charge in [-0.1, -0.05) is 0 Å². The topological polar surface area (TPSA) is 73.1 Å². The highest BCUT2D eigenvalue weighted by Gasteiger charge is 2.09. The molecular weight excluding hydrogens is 247 g/mol. The molecule has 0 atom stereocenters. The fraction of sp³-hybridized carbons (Fsp3) is 0.231. The van der Waals surface area contributed by atoms with Gasteiger partial charge in [0, 0.05) is 18.7 Å². The van der Waals surface area contributed by atoms with Gasteiger partial charge >= 0.3 is 0 Å². The highest BCUT2D eigenvalue weighted by molar-refractivity contribution is 5.67. The number of nitrogens with one attached hydrogen (secondary N) is 1. The van der Waals surface area contributed by atoms with Crippen LogP contribution in [-0.4, -0.2) is 30.4 Å². The third kappa shape index (κ3) is 3.17. The SMILES string of the molecule is COc1ccc(F)cc1-c1ccc(NCCN)nn1. The normalized spacial score (nSPS) is 10.3. The van der Waals surface area contributed by atoms with Crippen molar-refractivity contribution in [2.24, 2.45) is 5.73 Å². The van der Waals surface area contributed by atoms with E-state index in [9.17, 15) is 4.39 Å². The number of methoxy groups -OCH3 is 1. The Kier molecular flexibility index (Phi) is 4.25. The molecule has 100 valence electrons. The molecule has 1 aromatic heterocycles. The summed E-state index contributed by atoms with van der Waals surface area (Å²) < 4.78 is 18.5. The average molecular weight is 262 g/mol. The second kappa shape index (κ2) is 6.10. The summed E-state index contributed by atoms with van der Waals surface area (Å²) in [6, 6.07) is 7.79. The molecule has 1 aromatic carbocycles. The van der Waals surface area contributed by atoms with E-state index in [2.05, 4.69) is 15.5 Å². The van der Waals surface area contributed by atoms with Crippen molar-refractivity contribution >= 4 is 5.82 Å². The number of nitrogens with zero attached hydrogens (tertiary/aromatic N) is 2. The van der Waals surface area contributed by atoms with E-state index in [1.807, 2.05) is 0 Å². The number of hydrogen-bond acceptors (Lipinski definition) is 5. The molecule has 0 saturated heterocycles. The van der Waals surface area contributed by atoms with Crippen LogP contribution < -0.4 is 15.8 Å². The van der Waals surface area contributed by atoms with E-state index in [1.54, 1.807) is 18.2 Å². The van der Waals surface area contributed by atoms with Crippen LogP contribution in [0.25, 0.3) is 11.3 Å². The van der Waals surface area contributed by atoms with E-state index in [0.29, 0.717) is 35.9 Å². The summed E-state index contributed by atoms with van der Waals surface area (Å²) in [7, 11) is 1.53. The van der Waals surface area contributed by atoms with E-state index in [0.717, 1.165) is 0 Å².